The predicted molar refractivity (Wildman–Crippen MR) is 57.1 cm³/mol. The minimum Gasteiger partial charge on any atom is -0.478 e. The minimum absolute atomic E-state index is 0.364. The van der Waals surface area contributed by atoms with Crippen LogP contribution in [0.2, 0.25) is 0 Å². The van der Waals surface area contributed by atoms with Gasteiger partial charge in [-0.2, -0.15) is 8.78 Å². The quantitative estimate of drug-likeness (QED) is 0.479. The van der Waals surface area contributed by atoms with Crippen LogP contribution in [0.5, 0.6) is 0 Å². The van der Waals surface area contributed by atoms with Gasteiger partial charge in [0.05, 0.1) is 0 Å². The number of alkyl halides is 4. The first kappa shape index (κ1) is 17.4. The zero-order valence-electron chi connectivity index (χ0n) is 10.5. The van der Waals surface area contributed by atoms with Crippen molar-refractivity contribution in [1.82, 2.24) is 0 Å². The highest BCUT2D eigenvalue weighted by Crippen LogP contribution is 2.38. The highest BCUT2D eigenvalue weighted by atomic mass is 19.3. The summed E-state index contributed by atoms with van der Waals surface area (Å²) in [5, 5.41) is 8.24. The molecule has 4 nitrogen and oxygen atoms in total. The van der Waals surface area contributed by atoms with Crippen LogP contribution in [-0.2, 0) is 14.3 Å². The molecule has 0 rings (SSSR count). The molecule has 0 aliphatic carbocycles. The molecule has 0 fully saturated rings. The first-order valence-electron chi connectivity index (χ1n) is 5.16. The second-order valence-electron chi connectivity index (χ2n) is 4.83. The number of carboxylic acids is 1. The van der Waals surface area contributed by atoms with Crippen LogP contribution in [-0.4, -0.2) is 35.5 Å². The van der Waals surface area contributed by atoms with Crippen molar-refractivity contribution < 1.29 is 37.0 Å². The smallest absolute Gasteiger partial charge is 0.343 e. The number of hydrogen-bond acceptors (Lipinski definition) is 3. The number of rotatable bonds is 5. The molecule has 0 amide bonds. The Kier molecular flexibility index (Phi) is 5.52. The Morgan fingerprint density at radius 2 is 1.63 bits per heavy atom. The summed E-state index contributed by atoms with van der Waals surface area (Å²) in [6.07, 6.45) is -5.65. The van der Waals surface area contributed by atoms with E-state index in [1.807, 2.05) is 0 Å². The third-order valence-electron chi connectivity index (χ3n) is 2.02. The van der Waals surface area contributed by atoms with Crippen molar-refractivity contribution in [3.05, 3.63) is 12.2 Å². The lowest BCUT2D eigenvalue weighted by Gasteiger charge is -2.35. The molecule has 1 unspecified atom stereocenters. The van der Waals surface area contributed by atoms with Crippen LogP contribution in [0.15, 0.2) is 12.2 Å². The number of aliphatic carboxylic acids is 1. The van der Waals surface area contributed by atoms with Gasteiger partial charge in [-0.3, -0.25) is 0 Å². The molecule has 1 N–H and O–H groups in total. The standard InChI is InChI=1S/C11H14F4O4/c1-10(2,3)8(11(14,15)9(12)13)19-7(18)5-4-6(16)17/h4-5,8-9H,1-3H3,(H,16,17). The third-order valence-corrected chi connectivity index (χ3v) is 2.02. The molecular weight excluding hydrogens is 272 g/mol. The topological polar surface area (TPSA) is 63.6 Å². The van der Waals surface area contributed by atoms with E-state index >= 15 is 0 Å². The van der Waals surface area contributed by atoms with Gasteiger partial charge in [-0.1, -0.05) is 20.8 Å². The molecule has 0 aliphatic rings. The number of esters is 1. The van der Waals surface area contributed by atoms with E-state index < -0.39 is 35.8 Å². The Hall–Kier alpha value is -1.60. The number of carbonyl (C=O) groups is 2. The highest BCUT2D eigenvalue weighted by molar-refractivity contribution is 5.90. The molecule has 0 saturated heterocycles. The number of hydrogen-bond donors (Lipinski definition) is 1. The van der Waals surface area contributed by atoms with Gasteiger partial charge in [-0.15, -0.1) is 0 Å². The molecule has 0 spiro atoms. The Morgan fingerprint density at radius 3 is 1.95 bits per heavy atom. The summed E-state index contributed by atoms with van der Waals surface area (Å²) >= 11 is 0. The van der Waals surface area contributed by atoms with Gasteiger partial charge in [0, 0.05) is 17.6 Å². The van der Waals surface area contributed by atoms with Gasteiger partial charge >= 0.3 is 24.3 Å². The molecule has 1 atom stereocenters. The van der Waals surface area contributed by atoms with Gasteiger partial charge in [0.1, 0.15) is 0 Å². The fourth-order valence-corrected chi connectivity index (χ4v) is 1.24. The van der Waals surface area contributed by atoms with E-state index in [9.17, 15) is 27.2 Å². The fraction of sp³-hybridized carbons (Fsp3) is 0.636. The molecular formula is C11H14F4O4. The second-order valence-corrected chi connectivity index (χ2v) is 4.83. The summed E-state index contributed by atoms with van der Waals surface area (Å²) in [5.41, 5.74) is -1.45. The van der Waals surface area contributed by atoms with Crippen LogP contribution in [0.1, 0.15) is 20.8 Å². The zero-order valence-corrected chi connectivity index (χ0v) is 10.5. The van der Waals surface area contributed by atoms with E-state index in [0.717, 1.165) is 0 Å². The van der Waals surface area contributed by atoms with Crippen molar-refractivity contribution in [3.63, 3.8) is 0 Å². The van der Waals surface area contributed by atoms with E-state index in [-0.39, 0.29) is 0 Å². The normalized spacial score (nSPS) is 14.7. The zero-order chi connectivity index (χ0) is 15.4. The molecule has 0 saturated carbocycles. The van der Waals surface area contributed by atoms with E-state index in [1.165, 1.54) is 20.8 Å². The Labute approximate surface area is 107 Å². The van der Waals surface area contributed by atoms with Crippen LogP contribution in [0.4, 0.5) is 17.6 Å². The van der Waals surface area contributed by atoms with Crippen LogP contribution in [0.25, 0.3) is 0 Å². The molecule has 8 heteroatoms. The molecule has 0 radical (unpaired) electrons. The molecule has 0 aromatic rings. The fourth-order valence-electron chi connectivity index (χ4n) is 1.24. The molecule has 19 heavy (non-hydrogen) atoms. The maximum Gasteiger partial charge on any atom is 0.343 e. The maximum atomic E-state index is 13.3. The van der Waals surface area contributed by atoms with Gasteiger partial charge in [0.25, 0.3) is 0 Å². The van der Waals surface area contributed by atoms with Crippen LogP contribution in [0.3, 0.4) is 0 Å². The van der Waals surface area contributed by atoms with Gasteiger partial charge < -0.3 is 9.84 Å². The Balaban J connectivity index is 5.12. The highest BCUT2D eigenvalue weighted by Gasteiger charge is 2.55. The number of carbonyl (C=O) groups excluding carboxylic acids is 1. The second kappa shape index (κ2) is 6.03. The van der Waals surface area contributed by atoms with Crippen LogP contribution >= 0.6 is 0 Å². The Morgan fingerprint density at radius 1 is 1.16 bits per heavy atom. The first-order chi connectivity index (χ1) is 8.39. The minimum atomic E-state index is -4.54. The van der Waals surface area contributed by atoms with Crippen molar-refractivity contribution in [2.24, 2.45) is 5.41 Å². The molecule has 0 aromatic heterocycles. The number of ether oxygens (including phenoxy) is 1. The SMILES string of the molecule is CC(C)(C)C(OC(=O)C=CC(=O)O)C(F)(F)C(F)F. The predicted octanol–water partition coefficient (Wildman–Crippen LogP) is 2.49. The van der Waals surface area contributed by atoms with Crippen molar-refractivity contribution >= 4 is 11.9 Å². The summed E-state index contributed by atoms with van der Waals surface area (Å²) in [4.78, 5) is 21.3. The molecule has 0 bridgehead atoms. The van der Waals surface area contributed by atoms with Crippen molar-refractivity contribution in [2.45, 2.75) is 39.2 Å². The summed E-state index contributed by atoms with van der Waals surface area (Å²) in [7, 11) is 0. The molecule has 110 valence electrons. The molecule has 0 aromatic carbocycles. The molecule has 0 heterocycles. The summed E-state index contributed by atoms with van der Waals surface area (Å²) in [6.45, 7) is 3.59. The summed E-state index contributed by atoms with van der Waals surface area (Å²) in [6, 6.07) is 0. The first-order valence-corrected chi connectivity index (χ1v) is 5.16. The van der Waals surface area contributed by atoms with Crippen LogP contribution < -0.4 is 0 Å². The van der Waals surface area contributed by atoms with Gasteiger partial charge in [-0.05, 0) is 0 Å². The lowest BCUT2D eigenvalue weighted by Crippen LogP contribution is -2.50. The number of carboxylic acid groups (broad SMARTS) is 1. The van der Waals surface area contributed by atoms with E-state index in [1.54, 1.807) is 0 Å². The van der Waals surface area contributed by atoms with Crippen molar-refractivity contribution in [2.75, 3.05) is 0 Å². The largest absolute Gasteiger partial charge is 0.478 e. The summed E-state index contributed by atoms with van der Waals surface area (Å²) in [5.74, 6) is -7.46. The van der Waals surface area contributed by atoms with Crippen molar-refractivity contribution in [3.8, 4) is 0 Å². The monoisotopic (exact) mass is 286 g/mol. The molecule has 0 aliphatic heterocycles. The van der Waals surface area contributed by atoms with E-state index in [4.69, 9.17) is 5.11 Å². The third kappa shape index (κ3) is 5.27. The Bertz CT molecular complexity index is 371. The lowest BCUT2D eigenvalue weighted by molar-refractivity contribution is -0.229. The van der Waals surface area contributed by atoms with Crippen molar-refractivity contribution in [1.29, 1.82) is 0 Å². The van der Waals surface area contributed by atoms with E-state index in [2.05, 4.69) is 4.74 Å². The maximum absolute atomic E-state index is 13.3. The average molecular weight is 286 g/mol. The van der Waals surface area contributed by atoms with Gasteiger partial charge in [-0.25, -0.2) is 18.4 Å². The average Bonchev–Trinajstić information content (AvgIpc) is 2.20. The van der Waals surface area contributed by atoms with E-state index in [0.29, 0.717) is 12.2 Å². The summed E-state index contributed by atoms with van der Waals surface area (Å²) < 4.78 is 55.5. The number of halogens is 4. The lowest BCUT2D eigenvalue weighted by atomic mass is 9.85. The van der Waals surface area contributed by atoms with Gasteiger partial charge in [0.15, 0.2) is 6.10 Å². The van der Waals surface area contributed by atoms with Gasteiger partial charge in [0.2, 0.25) is 0 Å². The van der Waals surface area contributed by atoms with Crippen LogP contribution in [0, 0.1) is 5.41 Å².